The van der Waals surface area contributed by atoms with Crippen molar-refractivity contribution in [3.8, 4) is 0 Å². The van der Waals surface area contributed by atoms with Gasteiger partial charge in [-0.05, 0) is 0 Å². The molecule has 5 heteroatoms. The molecule has 0 unspecified atom stereocenters. The summed E-state index contributed by atoms with van der Waals surface area (Å²) < 4.78 is 23.2. The van der Waals surface area contributed by atoms with Gasteiger partial charge < -0.3 is 0 Å². The molecule has 0 aromatic carbocycles. The Hall–Kier alpha value is -1.13. The number of rotatable bonds is 1. The predicted octanol–water partition coefficient (Wildman–Crippen LogP) is 0.609. The Morgan fingerprint density at radius 3 is 2.67 bits per heavy atom. The summed E-state index contributed by atoms with van der Waals surface area (Å²) in [5.74, 6) is 0. The van der Waals surface area contributed by atoms with E-state index >= 15 is 0 Å². The molecule has 1 aromatic heterocycles. The Bertz CT molecular complexity index is 176. The SMILES string of the molecule is FC(F)c1cn[c]nn1. The quantitative estimate of drug-likeness (QED) is 0.559. The number of hydrogen-bond acceptors (Lipinski definition) is 3. The molecule has 0 N–H and O–H groups in total. The van der Waals surface area contributed by atoms with E-state index in [2.05, 4.69) is 15.2 Å². The van der Waals surface area contributed by atoms with Gasteiger partial charge >= 0.3 is 0 Å². The molecular formula is C4H2F2N3. The van der Waals surface area contributed by atoms with E-state index in [1.165, 1.54) is 0 Å². The minimum atomic E-state index is -2.60. The maximum absolute atomic E-state index is 11.6. The van der Waals surface area contributed by atoms with Gasteiger partial charge in [0.1, 0.15) is 5.69 Å². The first-order valence-electron chi connectivity index (χ1n) is 2.14. The van der Waals surface area contributed by atoms with E-state index in [0.29, 0.717) is 0 Å². The highest BCUT2D eigenvalue weighted by Gasteiger charge is 2.07. The Balaban J connectivity index is 2.85. The standard InChI is InChI=1S/C4H2F2N3/c5-4(6)3-1-7-2-8-9-3/h1,4H. The van der Waals surface area contributed by atoms with Crippen molar-refractivity contribution in [2.75, 3.05) is 0 Å². The summed E-state index contributed by atoms with van der Waals surface area (Å²) in [7, 11) is 0. The molecule has 0 amide bonds. The smallest absolute Gasteiger partial charge is 0.230 e. The van der Waals surface area contributed by atoms with Crippen LogP contribution in [0.2, 0.25) is 0 Å². The van der Waals surface area contributed by atoms with Gasteiger partial charge in [-0.25, -0.2) is 13.8 Å². The topological polar surface area (TPSA) is 38.7 Å². The van der Waals surface area contributed by atoms with Crippen molar-refractivity contribution in [3.63, 3.8) is 0 Å². The largest absolute Gasteiger partial charge is 0.283 e. The van der Waals surface area contributed by atoms with Crippen molar-refractivity contribution in [2.24, 2.45) is 0 Å². The molecule has 0 spiro atoms. The van der Waals surface area contributed by atoms with Gasteiger partial charge in [0.05, 0.1) is 6.20 Å². The maximum Gasteiger partial charge on any atom is 0.283 e. The average Bonchev–Trinajstić information content (AvgIpc) is 1.90. The van der Waals surface area contributed by atoms with Crippen LogP contribution in [0, 0.1) is 6.33 Å². The van der Waals surface area contributed by atoms with Crippen LogP contribution in [-0.2, 0) is 0 Å². The molecule has 1 heterocycles. The first kappa shape index (κ1) is 6.00. The molecule has 47 valence electrons. The second-order valence-electron chi connectivity index (χ2n) is 1.28. The fourth-order valence-corrected chi connectivity index (χ4v) is 0.327. The van der Waals surface area contributed by atoms with Gasteiger partial charge in [-0.3, -0.25) is 0 Å². The van der Waals surface area contributed by atoms with E-state index in [1.807, 2.05) is 6.33 Å². The summed E-state index contributed by atoms with van der Waals surface area (Å²) in [6.07, 6.45) is 0.374. The summed E-state index contributed by atoms with van der Waals surface area (Å²) in [5.41, 5.74) is -0.422. The van der Waals surface area contributed by atoms with E-state index in [1.54, 1.807) is 0 Å². The van der Waals surface area contributed by atoms with Crippen molar-refractivity contribution < 1.29 is 8.78 Å². The first-order valence-corrected chi connectivity index (χ1v) is 2.14. The zero-order valence-electron chi connectivity index (χ0n) is 4.25. The number of halogens is 2. The van der Waals surface area contributed by atoms with Gasteiger partial charge in [-0.2, -0.15) is 0 Å². The molecule has 0 saturated heterocycles. The normalized spacial score (nSPS) is 10.1. The Kier molecular flexibility index (Phi) is 1.62. The molecule has 1 rings (SSSR count). The third-order valence-electron chi connectivity index (χ3n) is 0.688. The fraction of sp³-hybridized carbons (Fsp3) is 0.250. The van der Waals surface area contributed by atoms with Gasteiger partial charge in [0.2, 0.25) is 6.33 Å². The Morgan fingerprint density at radius 2 is 2.33 bits per heavy atom. The lowest BCUT2D eigenvalue weighted by Crippen LogP contribution is -1.92. The van der Waals surface area contributed by atoms with E-state index < -0.39 is 12.1 Å². The lowest BCUT2D eigenvalue weighted by molar-refractivity contribution is 0.144. The summed E-state index contributed by atoms with van der Waals surface area (Å²) in [5, 5.41) is 6.10. The van der Waals surface area contributed by atoms with Gasteiger partial charge in [0.15, 0.2) is 0 Å². The highest BCUT2D eigenvalue weighted by molar-refractivity contribution is 4.90. The van der Waals surface area contributed by atoms with Crippen molar-refractivity contribution in [1.29, 1.82) is 0 Å². The number of hydrogen-bond donors (Lipinski definition) is 0. The van der Waals surface area contributed by atoms with Crippen LogP contribution in [0.15, 0.2) is 6.20 Å². The summed E-state index contributed by atoms with van der Waals surface area (Å²) >= 11 is 0. The summed E-state index contributed by atoms with van der Waals surface area (Å²) in [6, 6.07) is 0. The average molecular weight is 130 g/mol. The second kappa shape index (κ2) is 2.43. The molecule has 0 aliphatic heterocycles. The Morgan fingerprint density at radius 1 is 1.56 bits per heavy atom. The van der Waals surface area contributed by atoms with Gasteiger partial charge in [0.25, 0.3) is 6.43 Å². The van der Waals surface area contributed by atoms with Gasteiger partial charge in [0, 0.05) is 0 Å². The fourth-order valence-electron chi connectivity index (χ4n) is 0.327. The monoisotopic (exact) mass is 130 g/mol. The zero-order valence-corrected chi connectivity index (χ0v) is 4.25. The molecule has 0 saturated carbocycles. The lowest BCUT2D eigenvalue weighted by Gasteiger charge is -1.90. The van der Waals surface area contributed by atoms with Gasteiger partial charge in [-0.15, -0.1) is 10.2 Å². The van der Waals surface area contributed by atoms with Crippen molar-refractivity contribution in [1.82, 2.24) is 15.2 Å². The molecule has 3 nitrogen and oxygen atoms in total. The van der Waals surface area contributed by atoms with Crippen LogP contribution in [0.3, 0.4) is 0 Å². The van der Waals surface area contributed by atoms with Crippen LogP contribution in [-0.4, -0.2) is 15.2 Å². The van der Waals surface area contributed by atoms with E-state index in [9.17, 15) is 8.78 Å². The first-order chi connectivity index (χ1) is 4.30. The second-order valence-corrected chi connectivity index (χ2v) is 1.28. The van der Waals surface area contributed by atoms with Crippen LogP contribution in [0.4, 0.5) is 8.78 Å². The van der Waals surface area contributed by atoms with Crippen molar-refractivity contribution in [3.05, 3.63) is 18.2 Å². The van der Waals surface area contributed by atoms with E-state index in [4.69, 9.17) is 0 Å². The highest BCUT2D eigenvalue weighted by atomic mass is 19.3. The Labute approximate surface area is 49.8 Å². The minimum absolute atomic E-state index is 0.422. The van der Waals surface area contributed by atoms with Crippen molar-refractivity contribution in [2.45, 2.75) is 6.43 Å². The molecule has 0 fully saturated rings. The van der Waals surface area contributed by atoms with Crippen LogP contribution < -0.4 is 0 Å². The van der Waals surface area contributed by atoms with E-state index in [-0.39, 0.29) is 0 Å². The molecule has 0 aliphatic carbocycles. The number of alkyl halides is 2. The highest BCUT2D eigenvalue weighted by Crippen LogP contribution is 2.12. The third-order valence-corrected chi connectivity index (χ3v) is 0.688. The molecule has 0 aliphatic rings. The molecule has 1 aromatic rings. The molecule has 0 atom stereocenters. The third kappa shape index (κ3) is 1.38. The minimum Gasteiger partial charge on any atom is -0.230 e. The molecule has 0 bridgehead atoms. The molecular weight excluding hydrogens is 128 g/mol. The van der Waals surface area contributed by atoms with Crippen LogP contribution in [0.1, 0.15) is 12.1 Å². The maximum atomic E-state index is 11.6. The van der Waals surface area contributed by atoms with Crippen LogP contribution in [0.5, 0.6) is 0 Å². The zero-order chi connectivity index (χ0) is 6.69. The predicted molar refractivity (Wildman–Crippen MR) is 23.6 cm³/mol. The van der Waals surface area contributed by atoms with Crippen LogP contribution >= 0.6 is 0 Å². The molecule has 1 radical (unpaired) electrons. The summed E-state index contributed by atoms with van der Waals surface area (Å²) in [6.45, 7) is 0. The van der Waals surface area contributed by atoms with Crippen molar-refractivity contribution >= 4 is 0 Å². The van der Waals surface area contributed by atoms with Gasteiger partial charge in [-0.1, -0.05) is 0 Å². The summed E-state index contributed by atoms with van der Waals surface area (Å²) in [4.78, 5) is 3.23. The number of aromatic nitrogens is 3. The number of nitrogens with zero attached hydrogens (tertiary/aromatic N) is 3. The molecule has 9 heavy (non-hydrogen) atoms. The van der Waals surface area contributed by atoms with E-state index in [0.717, 1.165) is 6.20 Å². The lowest BCUT2D eigenvalue weighted by atomic mass is 10.5. The van der Waals surface area contributed by atoms with Crippen LogP contribution in [0.25, 0.3) is 0 Å².